The number of aromatic nitrogens is 3. The fourth-order valence-electron chi connectivity index (χ4n) is 3.86. The Hall–Kier alpha value is -3.52. The predicted octanol–water partition coefficient (Wildman–Crippen LogP) is 6.68. The fraction of sp³-hybridized carbons (Fsp3) is 0.179. The zero-order valence-electron chi connectivity index (χ0n) is 21.6. The van der Waals surface area contributed by atoms with Gasteiger partial charge in [-0.05, 0) is 57.9 Å². The van der Waals surface area contributed by atoms with Gasteiger partial charge in [-0.2, -0.15) is 0 Å². The summed E-state index contributed by atoms with van der Waals surface area (Å²) in [6.07, 6.45) is 2.50. The van der Waals surface area contributed by atoms with E-state index in [2.05, 4.69) is 36.2 Å². The van der Waals surface area contributed by atoms with Crippen LogP contribution in [-0.4, -0.2) is 42.0 Å². The molecule has 8 nitrogen and oxygen atoms in total. The van der Waals surface area contributed by atoms with E-state index in [4.69, 9.17) is 9.47 Å². The summed E-state index contributed by atoms with van der Waals surface area (Å²) in [4.78, 5) is 13.0. The maximum Gasteiger partial charge on any atom is 0.149 e. The van der Waals surface area contributed by atoms with Crippen LogP contribution in [0.1, 0.15) is 10.6 Å². The molecular formula is C28H23BrF2N4O4S2. The lowest BCUT2D eigenvalue weighted by Crippen LogP contribution is -2.09. The monoisotopic (exact) mass is 660 g/mol. The summed E-state index contributed by atoms with van der Waals surface area (Å²) in [5, 5.41) is 6.15. The Bertz CT molecular complexity index is 1820. The lowest BCUT2D eigenvalue weighted by Gasteiger charge is -2.13. The molecule has 0 bridgehead atoms. The van der Waals surface area contributed by atoms with Gasteiger partial charge in [0.05, 0.1) is 34.6 Å². The molecule has 0 saturated carbocycles. The third kappa shape index (κ3) is 7.61. The van der Waals surface area contributed by atoms with Gasteiger partial charge in [-0.3, -0.25) is 0 Å². The van der Waals surface area contributed by atoms with E-state index < -0.39 is 15.7 Å². The molecule has 0 aliphatic carbocycles. The number of anilines is 2. The molecule has 41 heavy (non-hydrogen) atoms. The van der Waals surface area contributed by atoms with Crippen molar-refractivity contribution in [2.75, 3.05) is 23.9 Å². The molecule has 0 spiro atoms. The number of nitrogens with one attached hydrogen (secondary N) is 1. The Morgan fingerprint density at radius 3 is 2.68 bits per heavy atom. The average molecular weight is 662 g/mol. The van der Waals surface area contributed by atoms with Crippen molar-refractivity contribution in [2.24, 2.45) is 0 Å². The smallest absolute Gasteiger partial charge is 0.149 e. The van der Waals surface area contributed by atoms with E-state index in [9.17, 15) is 12.8 Å². The average Bonchev–Trinajstić information content (AvgIpc) is 3.39. The molecule has 2 heterocycles. The van der Waals surface area contributed by atoms with Gasteiger partial charge in [0.1, 0.15) is 51.0 Å². The van der Waals surface area contributed by atoms with Gasteiger partial charge in [-0.15, -0.1) is 11.3 Å². The number of hydrogen-bond acceptors (Lipinski definition) is 9. The topological polar surface area (TPSA) is 103 Å². The molecule has 5 aromatic rings. The zero-order valence-corrected chi connectivity index (χ0v) is 24.8. The Balaban J connectivity index is 1.32. The van der Waals surface area contributed by atoms with Crippen molar-refractivity contribution in [1.29, 1.82) is 0 Å². The molecule has 5 rings (SSSR count). The van der Waals surface area contributed by atoms with Crippen LogP contribution in [0, 0.1) is 11.6 Å². The minimum absolute atomic E-state index is 0.0562. The summed E-state index contributed by atoms with van der Waals surface area (Å²) >= 11 is 4.81. The number of ether oxygens (including phenoxy) is 2. The minimum Gasteiger partial charge on any atom is -0.488 e. The van der Waals surface area contributed by atoms with Crippen molar-refractivity contribution in [1.82, 2.24) is 15.0 Å². The highest BCUT2D eigenvalue weighted by Gasteiger charge is 2.15. The second-order valence-corrected chi connectivity index (χ2v) is 13.1. The van der Waals surface area contributed by atoms with Crippen LogP contribution in [0.25, 0.3) is 22.2 Å². The number of fused-ring (bicyclic) bond motifs is 1. The molecule has 0 atom stereocenters. The number of rotatable bonds is 11. The summed E-state index contributed by atoms with van der Waals surface area (Å²) in [7, 11) is -3.12. The molecule has 0 aliphatic rings. The second kappa shape index (κ2) is 12.6. The highest BCUT2D eigenvalue weighted by atomic mass is 79.9. The van der Waals surface area contributed by atoms with Gasteiger partial charge >= 0.3 is 0 Å². The lowest BCUT2D eigenvalue weighted by atomic mass is 10.1. The number of halogens is 3. The van der Waals surface area contributed by atoms with Crippen molar-refractivity contribution < 1.29 is 26.7 Å². The Morgan fingerprint density at radius 1 is 1.05 bits per heavy atom. The Morgan fingerprint density at radius 2 is 1.90 bits per heavy atom. The number of nitrogens with zero attached hydrogens (tertiary/aromatic N) is 3. The van der Waals surface area contributed by atoms with Gasteiger partial charge < -0.3 is 14.8 Å². The second-order valence-electron chi connectivity index (χ2n) is 9.07. The summed E-state index contributed by atoms with van der Waals surface area (Å²) in [5.41, 5.74) is 2.52. The van der Waals surface area contributed by atoms with Crippen LogP contribution < -0.4 is 10.1 Å². The van der Waals surface area contributed by atoms with E-state index in [0.29, 0.717) is 48.9 Å². The third-order valence-electron chi connectivity index (χ3n) is 5.85. The first-order chi connectivity index (χ1) is 19.6. The molecule has 1 N–H and O–H groups in total. The Labute approximate surface area is 247 Å². The molecule has 0 radical (unpaired) electrons. The van der Waals surface area contributed by atoms with E-state index in [0.717, 1.165) is 6.26 Å². The van der Waals surface area contributed by atoms with Crippen LogP contribution in [0.15, 0.2) is 70.8 Å². The third-order valence-corrected chi connectivity index (χ3v) is 8.20. The van der Waals surface area contributed by atoms with Crippen molar-refractivity contribution in [2.45, 2.75) is 13.2 Å². The van der Waals surface area contributed by atoms with E-state index in [1.165, 1.54) is 35.9 Å². The molecule has 2 aromatic heterocycles. The maximum atomic E-state index is 15.1. The molecule has 0 unspecified atom stereocenters. The molecule has 212 valence electrons. The van der Waals surface area contributed by atoms with Crippen molar-refractivity contribution >= 4 is 59.5 Å². The van der Waals surface area contributed by atoms with Crippen LogP contribution in [0.5, 0.6) is 5.75 Å². The molecule has 3 aromatic carbocycles. The summed E-state index contributed by atoms with van der Waals surface area (Å²) < 4.78 is 63.0. The van der Waals surface area contributed by atoms with Gasteiger partial charge in [0.25, 0.3) is 0 Å². The van der Waals surface area contributed by atoms with E-state index in [1.807, 2.05) is 6.07 Å². The summed E-state index contributed by atoms with van der Waals surface area (Å²) in [6, 6.07) is 14.6. The predicted molar refractivity (Wildman–Crippen MR) is 158 cm³/mol. The van der Waals surface area contributed by atoms with Crippen molar-refractivity contribution in [3.8, 4) is 17.0 Å². The molecule has 0 fully saturated rings. The fourth-order valence-corrected chi connectivity index (χ4v) is 5.51. The quantitative estimate of drug-likeness (QED) is 0.157. The maximum absolute atomic E-state index is 15.1. The SMILES string of the molecule is CS(=O)(=O)CCOCc1nc(-c2cc3c(Nc4ccc(OCc5cccc(F)c5)c(Br)c4)ncnc3cc2F)cs1. The largest absolute Gasteiger partial charge is 0.488 e. The van der Waals surface area contributed by atoms with Crippen molar-refractivity contribution in [3.63, 3.8) is 0 Å². The van der Waals surface area contributed by atoms with E-state index in [-0.39, 0.29) is 37.0 Å². The molecule has 13 heteroatoms. The van der Waals surface area contributed by atoms with Gasteiger partial charge in [-0.25, -0.2) is 32.2 Å². The Kier molecular flexibility index (Phi) is 8.88. The van der Waals surface area contributed by atoms with E-state index in [1.54, 1.807) is 35.7 Å². The first-order valence-corrected chi connectivity index (χ1v) is 16.0. The molecule has 0 aliphatic heterocycles. The highest BCUT2D eigenvalue weighted by Crippen LogP contribution is 2.34. The van der Waals surface area contributed by atoms with E-state index >= 15 is 4.39 Å². The van der Waals surface area contributed by atoms with Gasteiger partial charge in [0.15, 0.2) is 0 Å². The van der Waals surface area contributed by atoms with Crippen LogP contribution in [0.3, 0.4) is 0 Å². The van der Waals surface area contributed by atoms with Crippen LogP contribution in [0.4, 0.5) is 20.3 Å². The summed E-state index contributed by atoms with van der Waals surface area (Å²) in [5.74, 6) is 0.157. The molecule has 0 saturated heterocycles. The standard InChI is InChI=1S/C28H23BrF2N4O4S2/c1-41(36,37)8-7-38-14-27-35-25(15-40-27)20-11-21-24(12-23(20)31)32-16-33-28(21)34-19-5-6-26(22(29)10-19)39-13-17-3-2-4-18(30)9-17/h2-6,9-12,15-16H,7-8,13-14H2,1H3,(H,32,33,34). The minimum atomic E-state index is -3.12. The lowest BCUT2D eigenvalue weighted by molar-refractivity contribution is 0.135. The molecule has 0 amide bonds. The number of sulfone groups is 1. The number of benzene rings is 3. The first kappa shape index (κ1) is 29.0. The van der Waals surface area contributed by atoms with Crippen LogP contribution >= 0.6 is 27.3 Å². The number of hydrogen-bond donors (Lipinski definition) is 1. The van der Waals surface area contributed by atoms with Crippen LogP contribution in [0.2, 0.25) is 0 Å². The van der Waals surface area contributed by atoms with Crippen molar-refractivity contribution in [3.05, 3.63) is 93.0 Å². The summed E-state index contributed by atoms with van der Waals surface area (Å²) in [6.45, 7) is 0.391. The van der Waals surface area contributed by atoms with Gasteiger partial charge in [0.2, 0.25) is 0 Å². The van der Waals surface area contributed by atoms with Gasteiger partial charge in [0, 0.05) is 34.3 Å². The normalized spacial score (nSPS) is 11.6. The highest BCUT2D eigenvalue weighted by molar-refractivity contribution is 9.10. The zero-order chi connectivity index (χ0) is 29.0. The van der Waals surface area contributed by atoms with Gasteiger partial charge in [-0.1, -0.05) is 12.1 Å². The van der Waals surface area contributed by atoms with Crippen LogP contribution in [-0.2, 0) is 27.8 Å². The first-order valence-electron chi connectivity index (χ1n) is 12.2. The number of thiazole rings is 1. The molecular weight excluding hydrogens is 638 g/mol.